The third-order valence-corrected chi connectivity index (χ3v) is 6.07. The van der Waals surface area contributed by atoms with Gasteiger partial charge in [-0.05, 0) is 42.8 Å². The number of hydrogen-bond acceptors (Lipinski definition) is 7. The quantitative estimate of drug-likeness (QED) is 0.353. The summed E-state index contributed by atoms with van der Waals surface area (Å²) in [6.45, 7) is 1.46. The van der Waals surface area contributed by atoms with E-state index in [-0.39, 0.29) is 5.82 Å². The summed E-state index contributed by atoms with van der Waals surface area (Å²) in [6, 6.07) is 11.7. The van der Waals surface area contributed by atoms with Crippen LogP contribution in [-0.4, -0.2) is 53.8 Å². The number of benzene rings is 2. The number of hydrogen-bond donors (Lipinski definition) is 3. The number of β-amino-alcohol motifs (C(OH)–C–C–N with tert-alkyl or cyclic N) is 1. The van der Waals surface area contributed by atoms with Crippen LogP contribution in [0.2, 0.25) is 5.02 Å². The smallest absolute Gasteiger partial charge is 0.229 e. The Balaban J connectivity index is 1.40. The molecule has 6 rings (SSSR count). The molecular formula is C23H20ClFN8O. The first-order chi connectivity index (χ1) is 16.5. The molecule has 4 heterocycles. The lowest BCUT2D eigenvalue weighted by Crippen LogP contribution is -2.24. The number of aliphatic hydroxyl groups excluding tert-OH is 1. The molecule has 1 aliphatic rings. The summed E-state index contributed by atoms with van der Waals surface area (Å²) in [5.74, 6) is 1.36. The lowest BCUT2D eigenvalue weighted by atomic mass is 10.3. The summed E-state index contributed by atoms with van der Waals surface area (Å²) >= 11 is 6.08. The largest absolute Gasteiger partial charge is 0.391 e. The van der Waals surface area contributed by atoms with Gasteiger partial charge >= 0.3 is 0 Å². The molecule has 34 heavy (non-hydrogen) atoms. The predicted molar refractivity (Wildman–Crippen MR) is 128 cm³/mol. The van der Waals surface area contributed by atoms with Crippen LogP contribution in [0.25, 0.3) is 27.9 Å². The molecule has 2 aromatic carbocycles. The third kappa shape index (κ3) is 3.80. The summed E-state index contributed by atoms with van der Waals surface area (Å²) in [6.07, 6.45) is 1.83. The number of aromatic nitrogens is 6. The Hall–Kier alpha value is -3.76. The molecule has 5 aromatic rings. The normalized spacial score (nSPS) is 16.1. The molecule has 1 fully saturated rings. The number of fused-ring (bicyclic) bond motifs is 2. The molecule has 0 saturated carbocycles. The molecular weight excluding hydrogens is 459 g/mol. The van der Waals surface area contributed by atoms with Crippen molar-refractivity contribution in [2.75, 3.05) is 23.3 Å². The fraction of sp³-hybridized carbons (Fsp3) is 0.217. The van der Waals surface area contributed by atoms with Crippen molar-refractivity contribution < 1.29 is 9.50 Å². The van der Waals surface area contributed by atoms with E-state index >= 15 is 0 Å². The maximum atomic E-state index is 13.9. The Morgan fingerprint density at radius 1 is 1.18 bits per heavy atom. The second-order valence-corrected chi connectivity index (χ2v) is 8.66. The van der Waals surface area contributed by atoms with E-state index in [4.69, 9.17) is 21.6 Å². The number of rotatable bonds is 5. The van der Waals surface area contributed by atoms with Gasteiger partial charge in [0.15, 0.2) is 17.0 Å². The molecule has 3 aromatic heterocycles. The molecule has 1 atom stereocenters. The average molecular weight is 479 g/mol. The molecule has 11 heteroatoms. The number of anilines is 2. The van der Waals surface area contributed by atoms with E-state index in [9.17, 15) is 9.50 Å². The van der Waals surface area contributed by atoms with Crippen LogP contribution >= 0.6 is 11.6 Å². The number of nitrogens with one attached hydrogen (secondary N) is 2. The van der Waals surface area contributed by atoms with Gasteiger partial charge in [0.25, 0.3) is 0 Å². The molecule has 0 radical (unpaired) electrons. The monoisotopic (exact) mass is 478 g/mol. The highest BCUT2D eigenvalue weighted by Crippen LogP contribution is 2.27. The van der Waals surface area contributed by atoms with E-state index in [2.05, 4.69) is 20.3 Å². The van der Waals surface area contributed by atoms with Crippen LogP contribution in [0.4, 0.5) is 16.2 Å². The highest BCUT2D eigenvalue weighted by molar-refractivity contribution is 6.31. The molecule has 0 unspecified atom stereocenters. The highest BCUT2D eigenvalue weighted by Gasteiger charge is 2.25. The van der Waals surface area contributed by atoms with Crippen LogP contribution < -0.4 is 10.2 Å². The van der Waals surface area contributed by atoms with Crippen molar-refractivity contribution in [1.82, 2.24) is 29.5 Å². The lowest BCUT2D eigenvalue weighted by molar-refractivity contribution is 0.198. The SMILES string of the molecule is O[C@@H]1CCN(c2nc(NCc3nc4ccc(Cl)cc4[nH]3)c3ncn(-c4cccc(F)c4)c3n2)C1. The van der Waals surface area contributed by atoms with Crippen molar-refractivity contribution in [1.29, 1.82) is 0 Å². The summed E-state index contributed by atoms with van der Waals surface area (Å²) in [7, 11) is 0. The minimum Gasteiger partial charge on any atom is -0.391 e. The van der Waals surface area contributed by atoms with Gasteiger partial charge in [0.05, 0.1) is 29.4 Å². The van der Waals surface area contributed by atoms with E-state index in [1.807, 2.05) is 17.0 Å². The second kappa shape index (κ2) is 8.23. The molecule has 0 spiro atoms. The molecule has 3 N–H and O–H groups in total. The molecule has 1 aliphatic heterocycles. The molecule has 1 saturated heterocycles. The third-order valence-electron chi connectivity index (χ3n) is 5.83. The van der Waals surface area contributed by atoms with Gasteiger partial charge < -0.3 is 20.3 Å². The van der Waals surface area contributed by atoms with E-state index < -0.39 is 6.10 Å². The van der Waals surface area contributed by atoms with Crippen LogP contribution in [0, 0.1) is 5.82 Å². The van der Waals surface area contributed by atoms with E-state index in [1.165, 1.54) is 12.1 Å². The van der Waals surface area contributed by atoms with Gasteiger partial charge in [0.1, 0.15) is 18.0 Å². The van der Waals surface area contributed by atoms with Crippen LogP contribution in [0.3, 0.4) is 0 Å². The Labute approximate surface area is 198 Å². The Morgan fingerprint density at radius 3 is 2.91 bits per heavy atom. The fourth-order valence-corrected chi connectivity index (χ4v) is 4.35. The standard InChI is InChI=1S/C23H20ClFN8O/c24-13-4-5-17-18(8-13)29-19(28-17)10-26-21-20-22(31-23(30-21)32-7-6-16(34)11-32)33(12-27-20)15-3-1-2-14(25)9-15/h1-5,8-9,12,16,34H,6-7,10-11H2,(H,28,29)(H,26,30,31)/t16-/m1/s1. The van der Waals surface area contributed by atoms with Crippen molar-refractivity contribution >= 4 is 45.6 Å². The number of aromatic amines is 1. The summed E-state index contributed by atoms with van der Waals surface area (Å²) in [5, 5.41) is 14.0. The Morgan fingerprint density at radius 2 is 2.09 bits per heavy atom. The first-order valence-electron chi connectivity index (χ1n) is 10.9. The highest BCUT2D eigenvalue weighted by atomic mass is 35.5. The van der Waals surface area contributed by atoms with E-state index in [1.54, 1.807) is 29.1 Å². The zero-order valence-corrected chi connectivity index (χ0v) is 18.7. The summed E-state index contributed by atoms with van der Waals surface area (Å²) in [5.41, 5.74) is 3.35. The number of nitrogens with zero attached hydrogens (tertiary/aromatic N) is 6. The topological polar surface area (TPSA) is 108 Å². The van der Waals surface area contributed by atoms with Gasteiger partial charge in [0, 0.05) is 18.1 Å². The van der Waals surface area contributed by atoms with Gasteiger partial charge in [-0.15, -0.1) is 0 Å². The molecule has 9 nitrogen and oxygen atoms in total. The van der Waals surface area contributed by atoms with Gasteiger partial charge in [-0.3, -0.25) is 4.57 Å². The van der Waals surface area contributed by atoms with Gasteiger partial charge in [-0.2, -0.15) is 9.97 Å². The van der Waals surface area contributed by atoms with Crippen molar-refractivity contribution in [3.63, 3.8) is 0 Å². The van der Waals surface area contributed by atoms with Crippen molar-refractivity contribution in [2.24, 2.45) is 0 Å². The number of halogens is 2. The van der Waals surface area contributed by atoms with Crippen LogP contribution in [-0.2, 0) is 6.54 Å². The molecule has 0 aliphatic carbocycles. The zero-order valence-electron chi connectivity index (χ0n) is 17.9. The zero-order chi connectivity index (χ0) is 23.2. The van der Waals surface area contributed by atoms with Gasteiger partial charge in [-0.1, -0.05) is 17.7 Å². The number of H-pyrrole nitrogens is 1. The average Bonchev–Trinajstić information content (AvgIpc) is 3.54. The second-order valence-electron chi connectivity index (χ2n) is 8.23. The summed E-state index contributed by atoms with van der Waals surface area (Å²) < 4.78 is 15.6. The lowest BCUT2D eigenvalue weighted by Gasteiger charge is -2.17. The number of imidazole rings is 2. The van der Waals surface area contributed by atoms with Crippen molar-refractivity contribution in [3.8, 4) is 5.69 Å². The van der Waals surface area contributed by atoms with Crippen LogP contribution in [0.15, 0.2) is 48.8 Å². The Bertz CT molecular complexity index is 1520. The summed E-state index contributed by atoms with van der Waals surface area (Å²) in [4.78, 5) is 23.7. The van der Waals surface area contributed by atoms with Crippen molar-refractivity contribution in [2.45, 2.75) is 19.1 Å². The van der Waals surface area contributed by atoms with Gasteiger partial charge in [0.2, 0.25) is 5.95 Å². The first-order valence-corrected chi connectivity index (χ1v) is 11.2. The minimum absolute atomic E-state index is 0.348. The number of aliphatic hydroxyl groups is 1. The van der Waals surface area contributed by atoms with Gasteiger partial charge in [-0.25, -0.2) is 14.4 Å². The molecule has 0 amide bonds. The Kier molecular flexibility index (Phi) is 5.04. The van der Waals surface area contributed by atoms with E-state index in [0.717, 1.165) is 11.0 Å². The first kappa shape index (κ1) is 20.8. The predicted octanol–water partition coefficient (Wildman–Crippen LogP) is 3.67. The van der Waals surface area contributed by atoms with E-state index in [0.29, 0.717) is 65.5 Å². The van der Waals surface area contributed by atoms with Crippen LogP contribution in [0.5, 0.6) is 0 Å². The maximum absolute atomic E-state index is 13.9. The maximum Gasteiger partial charge on any atom is 0.229 e. The minimum atomic E-state index is -0.425. The van der Waals surface area contributed by atoms with Crippen LogP contribution in [0.1, 0.15) is 12.2 Å². The van der Waals surface area contributed by atoms with Crippen molar-refractivity contribution in [3.05, 3.63) is 65.5 Å². The fourth-order valence-electron chi connectivity index (χ4n) is 4.18. The molecule has 0 bridgehead atoms. The molecule has 172 valence electrons.